The molecule has 0 aliphatic rings. The van der Waals surface area contributed by atoms with Crippen LogP contribution in [0.4, 0.5) is 5.69 Å². The minimum absolute atomic E-state index is 0.119. The van der Waals surface area contributed by atoms with Crippen molar-refractivity contribution in [2.45, 2.75) is 38.5 Å². The van der Waals surface area contributed by atoms with Crippen molar-refractivity contribution in [1.29, 1.82) is 0 Å². The highest BCUT2D eigenvalue weighted by Crippen LogP contribution is 2.21. The van der Waals surface area contributed by atoms with Gasteiger partial charge in [-0.15, -0.1) is 10.2 Å². The molecule has 0 bridgehead atoms. The molecule has 0 aliphatic heterocycles. The summed E-state index contributed by atoms with van der Waals surface area (Å²) >= 11 is 1.31. The summed E-state index contributed by atoms with van der Waals surface area (Å²) in [6, 6.07) is 14.2. The van der Waals surface area contributed by atoms with Gasteiger partial charge in [-0.25, -0.2) is 0 Å². The highest BCUT2D eigenvalue weighted by Gasteiger charge is 2.20. The Balaban J connectivity index is 1.60. The zero-order chi connectivity index (χ0) is 23.1. The molecule has 2 amide bonds. The fourth-order valence-corrected chi connectivity index (χ4v) is 3.88. The predicted molar refractivity (Wildman–Crippen MR) is 125 cm³/mol. The summed E-state index contributed by atoms with van der Waals surface area (Å²) in [4.78, 5) is 24.9. The molecule has 8 nitrogen and oxygen atoms in total. The summed E-state index contributed by atoms with van der Waals surface area (Å²) in [6.07, 6.45) is 0. The number of anilines is 1. The number of hydrogen-bond acceptors (Lipinski definition) is 6. The lowest BCUT2D eigenvalue weighted by Gasteiger charge is -2.15. The number of ether oxygens (including phenoxy) is 1. The Bertz CT molecular complexity index is 1060. The number of nitrogens with one attached hydrogen (secondary N) is 2. The lowest BCUT2D eigenvalue weighted by molar-refractivity contribution is -0.113. The Morgan fingerprint density at radius 2 is 1.78 bits per heavy atom. The van der Waals surface area contributed by atoms with Gasteiger partial charge in [-0.05, 0) is 57.2 Å². The molecule has 3 rings (SSSR count). The maximum Gasteiger partial charge on any atom is 0.251 e. The Hall–Kier alpha value is -3.33. The number of carbonyl (C=O) groups excluding carboxylic acids is 2. The number of aryl methyl sites for hydroxylation is 1. The van der Waals surface area contributed by atoms with Gasteiger partial charge in [0.25, 0.3) is 5.91 Å². The van der Waals surface area contributed by atoms with Gasteiger partial charge in [0.2, 0.25) is 5.91 Å². The molecule has 1 atom stereocenters. The van der Waals surface area contributed by atoms with Gasteiger partial charge in [0, 0.05) is 17.8 Å². The molecule has 1 aromatic heterocycles. The van der Waals surface area contributed by atoms with Gasteiger partial charge in [-0.2, -0.15) is 0 Å². The van der Waals surface area contributed by atoms with Crippen molar-refractivity contribution in [1.82, 2.24) is 20.1 Å². The lowest BCUT2D eigenvalue weighted by Crippen LogP contribution is -2.28. The molecule has 0 saturated heterocycles. The number of rotatable bonds is 9. The van der Waals surface area contributed by atoms with Crippen LogP contribution in [0.15, 0.2) is 53.7 Å². The number of aromatic nitrogens is 3. The van der Waals surface area contributed by atoms with Crippen molar-refractivity contribution in [3.8, 4) is 5.75 Å². The quantitative estimate of drug-likeness (QED) is 0.478. The smallest absolute Gasteiger partial charge is 0.251 e. The van der Waals surface area contributed by atoms with Crippen LogP contribution in [0.25, 0.3) is 0 Å². The SMILES string of the molecule is CCn1c(SCC(=O)Nc2ccc(C)cc2)nnc1C(C)NC(=O)c1ccc(OC)cc1. The molecule has 3 aromatic rings. The molecule has 0 fully saturated rings. The average Bonchev–Trinajstić information content (AvgIpc) is 3.22. The van der Waals surface area contributed by atoms with E-state index in [1.807, 2.05) is 49.6 Å². The van der Waals surface area contributed by atoms with Gasteiger partial charge in [0.1, 0.15) is 5.75 Å². The van der Waals surface area contributed by atoms with Crippen molar-refractivity contribution in [2.75, 3.05) is 18.2 Å². The number of carbonyl (C=O) groups is 2. The molecule has 32 heavy (non-hydrogen) atoms. The van der Waals surface area contributed by atoms with Crippen LogP contribution in [0.1, 0.15) is 41.6 Å². The molecule has 2 N–H and O–H groups in total. The standard InChI is InChI=1S/C23H27N5O3S/c1-5-28-21(16(3)24-22(30)17-8-12-19(31-4)13-9-17)26-27-23(28)32-14-20(29)25-18-10-6-15(2)7-11-18/h6-13,16H,5,14H2,1-4H3,(H,24,30)(H,25,29). The number of benzene rings is 2. The first-order chi connectivity index (χ1) is 15.4. The lowest BCUT2D eigenvalue weighted by atomic mass is 10.2. The van der Waals surface area contributed by atoms with Crippen molar-refractivity contribution < 1.29 is 14.3 Å². The predicted octanol–water partition coefficient (Wildman–Crippen LogP) is 3.84. The summed E-state index contributed by atoms with van der Waals surface area (Å²) in [5.74, 6) is 1.20. The van der Waals surface area contributed by atoms with Crippen molar-refractivity contribution in [2.24, 2.45) is 0 Å². The van der Waals surface area contributed by atoms with Gasteiger partial charge in [0.05, 0.1) is 18.9 Å². The summed E-state index contributed by atoms with van der Waals surface area (Å²) in [7, 11) is 1.58. The molecule has 1 unspecified atom stereocenters. The maximum atomic E-state index is 12.6. The molecule has 9 heteroatoms. The minimum atomic E-state index is -0.354. The van der Waals surface area contributed by atoms with E-state index >= 15 is 0 Å². The van der Waals surface area contributed by atoms with Crippen LogP contribution >= 0.6 is 11.8 Å². The van der Waals surface area contributed by atoms with E-state index in [0.717, 1.165) is 11.3 Å². The van der Waals surface area contributed by atoms with E-state index in [1.165, 1.54) is 11.8 Å². The number of nitrogens with zero attached hydrogens (tertiary/aromatic N) is 3. The van der Waals surface area contributed by atoms with Crippen molar-refractivity contribution in [3.63, 3.8) is 0 Å². The van der Waals surface area contributed by atoms with Crippen molar-refractivity contribution in [3.05, 3.63) is 65.5 Å². The number of thioether (sulfide) groups is 1. The third-order valence-corrected chi connectivity index (χ3v) is 5.78. The maximum absolute atomic E-state index is 12.6. The van der Waals surface area contributed by atoms with Gasteiger partial charge in [-0.3, -0.25) is 9.59 Å². The second kappa shape index (κ2) is 10.8. The van der Waals surface area contributed by atoms with E-state index < -0.39 is 0 Å². The van der Waals surface area contributed by atoms with E-state index in [9.17, 15) is 9.59 Å². The largest absolute Gasteiger partial charge is 0.497 e. The summed E-state index contributed by atoms with van der Waals surface area (Å²) in [5.41, 5.74) is 2.42. The van der Waals surface area contributed by atoms with E-state index in [1.54, 1.807) is 31.4 Å². The van der Waals surface area contributed by atoms with Gasteiger partial charge in [0.15, 0.2) is 11.0 Å². The third kappa shape index (κ3) is 5.88. The molecular formula is C23H27N5O3S. The molecule has 0 saturated carbocycles. The molecule has 1 heterocycles. The number of hydrogen-bond donors (Lipinski definition) is 2. The Morgan fingerprint density at radius 1 is 1.09 bits per heavy atom. The van der Waals surface area contributed by atoms with Crippen LogP contribution in [0.3, 0.4) is 0 Å². The first-order valence-electron chi connectivity index (χ1n) is 10.3. The first kappa shape index (κ1) is 23.3. The number of methoxy groups -OCH3 is 1. The van der Waals surface area contributed by atoms with Crippen LogP contribution in [-0.4, -0.2) is 39.4 Å². The molecule has 0 radical (unpaired) electrons. The van der Waals surface area contributed by atoms with Crippen LogP contribution in [0.2, 0.25) is 0 Å². The monoisotopic (exact) mass is 453 g/mol. The van der Waals surface area contributed by atoms with Gasteiger partial charge >= 0.3 is 0 Å². The molecule has 0 aliphatic carbocycles. The highest BCUT2D eigenvalue weighted by atomic mass is 32.2. The molecule has 0 spiro atoms. The number of amides is 2. The van der Waals surface area contributed by atoms with Gasteiger partial charge < -0.3 is 19.9 Å². The summed E-state index contributed by atoms with van der Waals surface area (Å²) in [5, 5.41) is 14.9. The fourth-order valence-electron chi connectivity index (χ4n) is 3.08. The van der Waals surface area contributed by atoms with Crippen LogP contribution in [0, 0.1) is 6.92 Å². The Labute approximate surface area is 191 Å². The Morgan fingerprint density at radius 3 is 2.41 bits per heavy atom. The summed E-state index contributed by atoms with van der Waals surface area (Å²) < 4.78 is 7.03. The van der Waals surface area contributed by atoms with Crippen LogP contribution < -0.4 is 15.4 Å². The highest BCUT2D eigenvalue weighted by molar-refractivity contribution is 7.99. The summed E-state index contributed by atoms with van der Waals surface area (Å²) in [6.45, 7) is 6.45. The van der Waals surface area contributed by atoms with Gasteiger partial charge in [-0.1, -0.05) is 29.5 Å². The molecule has 2 aromatic carbocycles. The normalized spacial score (nSPS) is 11.6. The van der Waals surface area contributed by atoms with Crippen LogP contribution in [0.5, 0.6) is 5.75 Å². The zero-order valence-corrected chi connectivity index (χ0v) is 19.4. The van der Waals surface area contributed by atoms with Crippen molar-refractivity contribution >= 4 is 29.3 Å². The third-order valence-electron chi connectivity index (χ3n) is 4.82. The van der Waals surface area contributed by atoms with E-state index in [0.29, 0.717) is 28.8 Å². The van der Waals surface area contributed by atoms with E-state index in [2.05, 4.69) is 20.8 Å². The zero-order valence-electron chi connectivity index (χ0n) is 18.6. The second-order valence-electron chi connectivity index (χ2n) is 7.21. The topological polar surface area (TPSA) is 98.1 Å². The minimum Gasteiger partial charge on any atom is -0.497 e. The average molecular weight is 454 g/mol. The van der Waals surface area contributed by atoms with E-state index in [4.69, 9.17) is 4.74 Å². The Kier molecular flexibility index (Phi) is 7.88. The molecule has 168 valence electrons. The molecular weight excluding hydrogens is 426 g/mol. The van der Waals surface area contributed by atoms with E-state index in [-0.39, 0.29) is 23.6 Å². The second-order valence-corrected chi connectivity index (χ2v) is 8.15. The van der Waals surface area contributed by atoms with Crippen LogP contribution in [-0.2, 0) is 11.3 Å². The fraction of sp³-hybridized carbons (Fsp3) is 0.304. The first-order valence-corrected chi connectivity index (χ1v) is 11.3.